The van der Waals surface area contributed by atoms with Gasteiger partial charge in [-0.15, -0.1) is 5.10 Å². The number of aromatic nitrogens is 5. The standard InChI is InChI=1S/C13H12N8O2/c1-8-3-2-4-9(5-8)6-15-17-13(22)10-7-21(20-16-10)12-11(14)18-23-19-12/h2-7H,1H3,(H2,14,18)(H,17,22). The van der Waals surface area contributed by atoms with Gasteiger partial charge >= 0.3 is 0 Å². The molecule has 0 fully saturated rings. The van der Waals surface area contributed by atoms with Crippen molar-refractivity contribution in [1.82, 2.24) is 30.7 Å². The van der Waals surface area contributed by atoms with E-state index >= 15 is 0 Å². The van der Waals surface area contributed by atoms with Crippen LogP contribution in [0.4, 0.5) is 5.82 Å². The van der Waals surface area contributed by atoms with Crippen LogP contribution in [0, 0.1) is 6.92 Å². The molecule has 3 N–H and O–H groups in total. The van der Waals surface area contributed by atoms with Gasteiger partial charge < -0.3 is 5.73 Å². The smallest absolute Gasteiger partial charge is 0.293 e. The van der Waals surface area contributed by atoms with E-state index in [2.05, 4.69) is 35.8 Å². The Morgan fingerprint density at radius 2 is 2.30 bits per heavy atom. The molecule has 0 saturated heterocycles. The fourth-order valence-corrected chi connectivity index (χ4v) is 1.79. The number of carbonyl (C=O) groups is 1. The number of hydrogen-bond donors (Lipinski definition) is 2. The van der Waals surface area contributed by atoms with E-state index in [0.717, 1.165) is 11.1 Å². The number of hydrogen-bond acceptors (Lipinski definition) is 8. The summed E-state index contributed by atoms with van der Waals surface area (Å²) in [4.78, 5) is 11.9. The maximum Gasteiger partial charge on any atom is 0.293 e. The maximum absolute atomic E-state index is 11.9. The summed E-state index contributed by atoms with van der Waals surface area (Å²) in [6, 6.07) is 7.69. The number of nitrogen functional groups attached to an aromatic ring is 1. The second-order valence-corrected chi connectivity index (χ2v) is 4.63. The van der Waals surface area contributed by atoms with Gasteiger partial charge in [0.2, 0.25) is 11.6 Å². The van der Waals surface area contributed by atoms with Crippen LogP contribution in [0.15, 0.2) is 40.2 Å². The van der Waals surface area contributed by atoms with Crippen LogP contribution in [0.25, 0.3) is 5.82 Å². The average molecular weight is 312 g/mol. The molecule has 3 aromatic rings. The van der Waals surface area contributed by atoms with Crippen molar-refractivity contribution in [2.75, 3.05) is 5.73 Å². The molecule has 10 nitrogen and oxygen atoms in total. The van der Waals surface area contributed by atoms with Crippen LogP contribution >= 0.6 is 0 Å². The molecule has 10 heteroatoms. The molecule has 1 amide bonds. The molecule has 23 heavy (non-hydrogen) atoms. The highest BCUT2D eigenvalue weighted by atomic mass is 16.6. The number of rotatable bonds is 4. The van der Waals surface area contributed by atoms with Crippen LogP contribution in [0.3, 0.4) is 0 Å². The van der Waals surface area contributed by atoms with Gasteiger partial charge in [0, 0.05) is 0 Å². The number of carbonyl (C=O) groups excluding carboxylic acids is 1. The van der Waals surface area contributed by atoms with Gasteiger partial charge in [-0.1, -0.05) is 35.0 Å². The Hall–Kier alpha value is -3.56. The molecule has 0 aliphatic heterocycles. The third-order valence-corrected chi connectivity index (χ3v) is 2.86. The number of nitrogens with zero attached hydrogens (tertiary/aromatic N) is 6. The molecule has 0 radical (unpaired) electrons. The lowest BCUT2D eigenvalue weighted by atomic mass is 10.2. The second kappa shape index (κ2) is 6.05. The summed E-state index contributed by atoms with van der Waals surface area (Å²) in [5.74, 6) is -0.325. The zero-order chi connectivity index (χ0) is 16.2. The van der Waals surface area contributed by atoms with Crippen LogP contribution in [0.1, 0.15) is 21.6 Å². The monoisotopic (exact) mass is 312 g/mol. The van der Waals surface area contributed by atoms with Gasteiger partial charge in [0.05, 0.1) is 12.4 Å². The maximum atomic E-state index is 11.9. The molecule has 0 saturated carbocycles. The predicted molar refractivity (Wildman–Crippen MR) is 79.9 cm³/mol. The summed E-state index contributed by atoms with van der Waals surface area (Å²) in [6.45, 7) is 1.97. The molecule has 2 heterocycles. The molecule has 2 aromatic heterocycles. The van der Waals surface area contributed by atoms with Crippen molar-refractivity contribution in [3.8, 4) is 5.82 Å². The van der Waals surface area contributed by atoms with E-state index < -0.39 is 5.91 Å². The molecule has 116 valence electrons. The van der Waals surface area contributed by atoms with E-state index in [0.29, 0.717) is 0 Å². The van der Waals surface area contributed by atoms with Crippen molar-refractivity contribution in [1.29, 1.82) is 0 Å². The second-order valence-electron chi connectivity index (χ2n) is 4.63. The van der Waals surface area contributed by atoms with Crippen molar-refractivity contribution >= 4 is 17.9 Å². The van der Waals surface area contributed by atoms with E-state index in [1.807, 2.05) is 31.2 Å². The van der Waals surface area contributed by atoms with E-state index in [4.69, 9.17) is 5.73 Å². The fourth-order valence-electron chi connectivity index (χ4n) is 1.79. The first-order valence-electron chi connectivity index (χ1n) is 6.54. The van der Waals surface area contributed by atoms with E-state index in [1.54, 1.807) is 0 Å². The van der Waals surface area contributed by atoms with Crippen LogP contribution < -0.4 is 11.2 Å². The van der Waals surface area contributed by atoms with E-state index in [9.17, 15) is 4.79 Å². The van der Waals surface area contributed by atoms with Crippen molar-refractivity contribution in [2.45, 2.75) is 6.92 Å². The minimum absolute atomic E-state index is 0.0410. The Labute approximate surface area is 129 Å². The van der Waals surface area contributed by atoms with Gasteiger partial charge in [0.1, 0.15) is 0 Å². The molecular weight excluding hydrogens is 300 g/mol. The third-order valence-electron chi connectivity index (χ3n) is 2.86. The molecule has 1 aromatic carbocycles. The minimum atomic E-state index is -0.518. The first kappa shape index (κ1) is 14.4. The van der Waals surface area contributed by atoms with E-state index in [-0.39, 0.29) is 17.3 Å². The first-order valence-corrected chi connectivity index (χ1v) is 6.54. The third kappa shape index (κ3) is 3.20. The summed E-state index contributed by atoms with van der Waals surface area (Å²) < 4.78 is 5.64. The Morgan fingerprint density at radius 1 is 1.43 bits per heavy atom. The molecule has 0 aliphatic rings. The van der Waals surface area contributed by atoms with Gasteiger partial charge in [-0.3, -0.25) is 4.79 Å². The number of aryl methyl sites for hydroxylation is 1. The highest BCUT2D eigenvalue weighted by Crippen LogP contribution is 2.09. The number of benzene rings is 1. The first-order chi connectivity index (χ1) is 11.1. The average Bonchev–Trinajstić information content (AvgIpc) is 3.15. The number of hydrazone groups is 1. The Bertz CT molecular complexity index is 866. The van der Waals surface area contributed by atoms with Crippen LogP contribution in [0.5, 0.6) is 0 Å². The van der Waals surface area contributed by atoms with Crippen LogP contribution in [0.2, 0.25) is 0 Å². The summed E-state index contributed by atoms with van der Waals surface area (Å²) in [7, 11) is 0. The highest BCUT2D eigenvalue weighted by molar-refractivity contribution is 5.92. The quantitative estimate of drug-likeness (QED) is 0.522. The Kier molecular flexibility index (Phi) is 3.78. The summed E-state index contributed by atoms with van der Waals surface area (Å²) in [5.41, 5.74) is 9.92. The number of nitrogens with two attached hydrogens (primary N) is 1. The molecule has 0 bridgehead atoms. The summed E-state index contributed by atoms with van der Waals surface area (Å²) in [6.07, 6.45) is 2.88. The van der Waals surface area contributed by atoms with Gasteiger partial charge in [-0.2, -0.15) is 9.78 Å². The van der Waals surface area contributed by atoms with Gasteiger partial charge in [-0.05, 0) is 22.8 Å². The fraction of sp³-hybridized carbons (Fsp3) is 0.0769. The lowest BCUT2D eigenvalue weighted by Gasteiger charge is -1.96. The lowest BCUT2D eigenvalue weighted by Crippen LogP contribution is -2.18. The number of amides is 1. The zero-order valence-corrected chi connectivity index (χ0v) is 12.0. The van der Waals surface area contributed by atoms with Crippen molar-refractivity contribution in [3.63, 3.8) is 0 Å². The largest absolute Gasteiger partial charge is 0.378 e. The Morgan fingerprint density at radius 3 is 3.04 bits per heavy atom. The molecule has 0 spiro atoms. The van der Waals surface area contributed by atoms with Crippen molar-refractivity contribution < 1.29 is 9.42 Å². The molecule has 0 atom stereocenters. The zero-order valence-electron chi connectivity index (χ0n) is 12.0. The van der Waals surface area contributed by atoms with Crippen LogP contribution in [-0.4, -0.2) is 37.4 Å². The SMILES string of the molecule is Cc1cccc(C=NNC(=O)c2cn(-c3nonc3N)nn2)c1. The van der Waals surface area contributed by atoms with Crippen molar-refractivity contribution in [2.24, 2.45) is 5.10 Å². The normalized spacial score (nSPS) is 11.0. The molecule has 0 unspecified atom stereocenters. The van der Waals surface area contributed by atoms with Crippen molar-refractivity contribution in [3.05, 3.63) is 47.3 Å². The Balaban J connectivity index is 1.67. The van der Waals surface area contributed by atoms with Gasteiger partial charge in [0.15, 0.2) is 5.69 Å². The summed E-state index contributed by atoms with van der Waals surface area (Å²) >= 11 is 0. The predicted octanol–water partition coefficient (Wildman–Crippen LogP) is 0.305. The number of anilines is 1. The molecular formula is C13H12N8O2. The van der Waals surface area contributed by atoms with E-state index in [1.165, 1.54) is 17.1 Å². The molecule has 0 aliphatic carbocycles. The molecule has 3 rings (SSSR count). The number of nitrogens with one attached hydrogen (secondary N) is 1. The lowest BCUT2D eigenvalue weighted by molar-refractivity contribution is 0.0950. The van der Waals surface area contributed by atoms with Gasteiger partial charge in [-0.25, -0.2) is 10.1 Å². The highest BCUT2D eigenvalue weighted by Gasteiger charge is 2.15. The van der Waals surface area contributed by atoms with Crippen LogP contribution in [-0.2, 0) is 0 Å². The topological polar surface area (TPSA) is 137 Å². The van der Waals surface area contributed by atoms with Gasteiger partial charge in [0.25, 0.3) is 5.91 Å². The summed E-state index contributed by atoms with van der Waals surface area (Å²) in [5, 5.41) is 18.3. The minimum Gasteiger partial charge on any atom is -0.378 e.